The Bertz CT molecular complexity index is 831. The number of hydrogen-bond acceptors (Lipinski definition) is 7. The highest BCUT2D eigenvalue weighted by Gasteiger charge is 2.40. The minimum Gasteiger partial charge on any atom is -0.367 e. The third-order valence-electron chi connectivity index (χ3n) is 6.07. The summed E-state index contributed by atoms with van der Waals surface area (Å²) in [6.45, 7) is 3.23. The molecule has 1 aliphatic heterocycles. The molecule has 1 saturated heterocycles. The summed E-state index contributed by atoms with van der Waals surface area (Å²) in [6, 6.07) is 4.65. The van der Waals surface area contributed by atoms with Crippen molar-refractivity contribution in [2.45, 2.75) is 44.6 Å². The average molecular weight is 381 g/mol. The van der Waals surface area contributed by atoms with Crippen LogP contribution in [0.1, 0.15) is 38.5 Å². The molecule has 4 rings (SSSR count). The van der Waals surface area contributed by atoms with Crippen molar-refractivity contribution in [3.8, 4) is 6.07 Å². The van der Waals surface area contributed by atoms with Crippen LogP contribution in [-0.4, -0.2) is 50.3 Å². The van der Waals surface area contributed by atoms with Crippen molar-refractivity contribution in [2.75, 3.05) is 30.3 Å². The summed E-state index contributed by atoms with van der Waals surface area (Å²) < 4.78 is 1.74. The number of likely N-dealkylation sites (tertiary alicyclic amines) is 1. The highest BCUT2D eigenvalue weighted by molar-refractivity contribution is 5.52. The van der Waals surface area contributed by atoms with Crippen LogP contribution in [0.2, 0.25) is 0 Å². The molecule has 148 valence electrons. The molecule has 28 heavy (non-hydrogen) atoms. The van der Waals surface area contributed by atoms with Crippen molar-refractivity contribution in [1.82, 2.24) is 24.6 Å². The lowest BCUT2D eigenvalue weighted by atomic mass is 9.72. The summed E-state index contributed by atoms with van der Waals surface area (Å²) in [5.41, 5.74) is 1.34. The van der Waals surface area contributed by atoms with E-state index < -0.39 is 0 Å². The van der Waals surface area contributed by atoms with Gasteiger partial charge in [-0.3, -0.25) is 4.68 Å². The van der Waals surface area contributed by atoms with Crippen molar-refractivity contribution >= 4 is 17.5 Å². The lowest BCUT2D eigenvalue weighted by Gasteiger charge is -2.37. The standard InChI is InChI=1S/C20H28N8/c1-27-14-17(13-23-27)25-19-22-10-5-18(26-19)24-16-3-6-20(7-4-16)8-12-28(15-20)11-2-9-21/h5,10,13-14,16H,2-4,6-8,11-12,15H2,1H3,(H2,22,24,25,26). The van der Waals surface area contributed by atoms with Crippen LogP contribution in [0.3, 0.4) is 0 Å². The summed E-state index contributed by atoms with van der Waals surface area (Å²) in [4.78, 5) is 11.4. The summed E-state index contributed by atoms with van der Waals surface area (Å²) in [7, 11) is 1.88. The number of nitriles is 1. The molecule has 8 nitrogen and oxygen atoms in total. The zero-order chi connectivity index (χ0) is 19.4. The van der Waals surface area contributed by atoms with E-state index in [0.29, 0.717) is 23.8 Å². The smallest absolute Gasteiger partial charge is 0.229 e. The van der Waals surface area contributed by atoms with Crippen molar-refractivity contribution in [2.24, 2.45) is 12.5 Å². The molecule has 2 aromatic heterocycles. The molecule has 0 amide bonds. The second kappa shape index (κ2) is 8.15. The maximum absolute atomic E-state index is 8.80. The molecule has 1 aliphatic carbocycles. The molecule has 2 aromatic rings. The summed E-state index contributed by atoms with van der Waals surface area (Å²) in [6.07, 6.45) is 12.2. The van der Waals surface area contributed by atoms with Crippen LogP contribution in [0, 0.1) is 16.7 Å². The van der Waals surface area contributed by atoms with Crippen LogP contribution < -0.4 is 10.6 Å². The van der Waals surface area contributed by atoms with Crippen LogP contribution >= 0.6 is 0 Å². The molecule has 0 radical (unpaired) electrons. The van der Waals surface area contributed by atoms with Gasteiger partial charge in [0.25, 0.3) is 0 Å². The van der Waals surface area contributed by atoms with E-state index >= 15 is 0 Å². The van der Waals surface area contributed by atoms with Crippen molar-refractivity contribution < 1.29 is 0 Å². The van der Waals surface area contributed by atoms with Gasteiger partial charge in [-0.05, 0) is 50.1 Å². The van der Waals surface area contributed by atoms with E-state index in [1.165, 1.54) is 32.1 Å². The maximum atomic E-state index is 8.80. The molecular weight excluding hydrogens is 352 g/mol. The molecule has 3 heterocycles. The molecule has 0 atom stereocenters. The first kappa shape index (κ1) is 18.7. The third-order valence-corrected chi connectivity index (χ3v) is 6.07. The Hall–Kier alpha value is -2.66. The zero-order valence-corrected chi connectivity index (χ0v) is 16.4. The van der Waals surface area contributed by atoms with E-state index in [1.54, 1.807) is 17.1 Å². The Morgan fingerprint density at radius 2 is 2.18 bits per heavy atom. The van der Waals surface area contributed by atoms with Gasteiger partial charge in [-0.15, -0.1) is 0 Å². The fraction of sp³-hybridized carbons (Fsp3) is 0.600. The number of rotatable bonds is 6. The van der Waals surface area contributed by atoms with E-state index in [0.717, 1.165) is 31.1 Å². The van der Waals surface area contributed by atoms with E-state index in [9.17, 15) is 0 Å². The van der Waals surface area contributed by atoms with Gasteiger partial charge in [0, 0.05) is 45.0 Å². The first-order valence-electron chi connectivity index (χ1n) is 10.1. The van der Waals surface area contributed by atoms with Gasteiger partial charge in [0.05, 0.1) is 18.0 Å². The Kier molecular flexibility index (Phi) is 5.44. The monoisotopic (exact) mass is 380 g/mol. The van der Waals surface area contributed by atoms with Crippen LogP contribution in [-0.2, 0) is 7.05 Å². The molecule has 0 bridgehead atoms. The number of aromatic nitrogens is 4. The Labute approximate surface area is 166 Å². The Morgan fingerprint density at radius 1 is 1.32 bits per heavy atom. The fourth-order valence-corrected chi connectivity index (χ4v) is 4.53. The van der Waals surface area contributed by atoms with E-state index in [1.807, 2.05) is 19.3 Å². The molecule has 2 fully saturated rings. The quantitative estimate of drug-likeness (QED) is 0.795. The van der Waals surface area contributed by atoms with Crippen molar-refractivity contribution in [3.05, 3.63) is 24.7 Å². The second-order valence-corrected chi connectivity index (χ2v) is 8.15. The predicted molar refractivity (Wildman–Crippen MR) is 108 cm³/mol. The molecule has 1 saturated carbocycles. The fourth-order valence-electron chi connectivity index (χ4n) is 4.53. The molecule has 0 unspecified atom stereocenters. The minimum absolute atomic E-state index is 0.458. The van der Waals surface area contributed by atoms with Crippen molar-refractivity contribution in [1.29, 1.82) is 5.26 Å². The van der Waals surface area contributed by atoms with E-state index in [2.05, 4.69) is 36.7 Å². The maximum Gasteiger partial charge on any atom is 0.229 e. The highest BCUT2D eigenvalue weighted by Crippen LogP contribution is 2.44. The lowest BCUT2D eigenvalue weighted by Crippen LogP contribution is -2.36. The first-order chi connectivity index (χ1) is 13.6. The number of nitrogens with zero attached hydrogens (tertiary/aromatic N) is 6. The SMILES string of the molecule is Cn1cc(Nc2nccc(NC3CCC4(CC3)CCN(CCC#N)C4)n2)cn1. The van der Waals surface area contributed by atoms with Gasteiger partial charge in [-0.25, -0.2) is 4.98 Å². The van der Waals surface area contributed by atoms with Gasteiger partial charge in [0.2, 0.25) is 5.95 Å². The van der Waals surface area contributed by atoms with Crippen LogP contribution in [0.4, 0.5) is 17.5 Å². The highest BCUT2D eigenvalue weighted by atomic mass is 15.3. The normalized spacial score (nSPS) is 24.9. The van der Waals surface area contributed by atoms with Crippen LogP contribution in [0.15, 0.2) is 24.7 Å². The average Bonchev–Trinajstić information content (AvgIpc) is 3.29. The number of anilines is 3. The molecule has 1 spiro atoms. The number of hydrogen-bond donors (Lipinski definition) is 2. The van der Waals surface area contributed by atoms with Gasteiger partial charge < -0.3 is 15.5 Å². The number of aryl methyl sites for hydroxylation is 1. The second-order valence-electron chi connectivity index (χ2n) is 8.15. The van der Waals surface area contributed by atoms with Crippen LogP contribution in [0.25, 0.3) is 0 Å². The minimum atomic E-state index is 0.458. The van der Waals surface area contributed by atoms with Gasteiger partial charge >= 0.3 is 0 Å². The van der Waals surface area contributed by atoms with E-state index in [-0.39, 0.29) is 0 Å². The first-order valence-corrected chi connectivity index (χ1v) is 10.1. The van der Waals surface area contributed by atoms with Gasteiger partial charge in [-0.2, -0.15) is 15.3 Å². The predicted octanol–water partition coefficient (Wildman–Crippen LogP) is 2.91. The van der Waals surface area contributed by atoms with Crippen molar-refractivity contribution in [3.63, 3.8) is 0 Å². The Balaban J connectivity index is 1.29. The number of nitrogens with one attached hydrogen (secondary N) is 2. The zero-order valence-electron chi connectivity index (χ0n) is 16.4. The third kappa shape index (κ3) is 4.42. The lowest BCUT2D eigenvalue weighted by molar-refractivity contribution is 0.179. The summed E-state index contributed by atoms with van der Waals surface area (Å²) in [5, 5.41) is 19.7. The molecule has 0 aromatic carbocycles. The molecule has 2 aliphatic rings. The Morgan fingerprint density at radius 3 is 2.93 bits per heavy atom. The summed E-state index contributed by atoms with van der Waals surface area (Å²) in [5.74, 6) is 1.44. The summed E-state index contributed by atoms with van der Waals surface area (Å²) >= 11 is 0. The van der Waals surface area contributed by atoms with Gasteiger partial charge in [0.15, 0.2) is 0 Å². The van der Waals surface area contributed by atoms with Gasteiger partial charge in [-0.1, -0.05) is 0 Å². The largest absolute Gasteiger partial charge is 0.367 e. The molecular formula is C20H28N8. The molecule has 2 N–H and O–H groups in total. The molecule has 8 heteroatoms. The van der Waals surface area contributed by atoms with E-state index in [4.69, 9.17) is 5.26 Å². The van der Waals surface area contributed by atoms with Gasteiger partial charge in [0.1, 0.15) is 5.82 Å². The topological polar surface area (TPSA) is 94.7 Å². The van der Waals surface area contributed by atoms with Crippen LogP contribution in [0.5, 0.6) is 0 Å².